The molecular formula is C22H26N2O4S. The maximum absolute atomic E-state index is 12.8. The summed E-state index contributed by atoms with van der Waals surface area (Å²) in [6.07, 6.45) is 1.15. The van der Waals surface area contributed by atoms with Gasteiger partial charge in [0.1, 0.15) is 5.58 Å². The highest BCUT2D eigenvalue weighted by atomic mass is 32.2. The van der Waals surface area contributed by atoms with E-state index in [1.54, 1.807) is 24.3 Å². The van der Waals surface area contributed by atoms with Crippen LogP contribution in [-0.2, 0) is 15.6 Å². The summed E-state index contributed by atoms with van der Waals surface area (Å²) >= 11 is 0. The number of nitrogens with one attached hydrogen (secondary N) is 1. The summed E-state index contributed by atoms with van der Waals surface area (Å²) in [6.45, 7) is 5.98. The highest BCUT2D eigenvalue weighted by molar-refractivity contribution is 7.89. The summed E-state index contributed by atoms with van der Waals surface area (Å²) in [4.78, 5) is 15.0. The summed E-state index contributed by atoms with van der Waals surface area (Å²) < 4.78 is 29.4. The Kier molecular flexibility index (Phi) is 6.27. The number of sulfone groups is 1. The summed E-state index contributed by atoms with van der Waals surface area (Å²) in [5.74, 6) is -0.576. The molecule has 0 radical (unpaired) electrons. The van der Waals surface area contributed by atoms with E-state index in [9.17, 15) is 13.2 Å². The van der Waals surface area contributed by atoms with Gasteiger partial charge in [-0.05, 0) is 31.5 Å². The molecule has 0 fully saturated rings. The number of hydrogen-bond acceptors (Lipinski definition) is 5. The van der Waals surface area contributed by atoms with E-state index in [2.05, 4.69) is 36.2 Å². The molecule has 3 rings (SSSR count). The van der Waals surface area contributed by atoms with E-state index >= 15 is 0 Å². The van der Waals surface area contributed by atoms with Crippen molar-refractivity contribution in [1.82, 2.24) is 5.32 Å². The SMILES string of the molecule is CCN(CCNC(=O)c1oc2ccccc2c1CS(C)(=O)=O)c1ccccc1C. The van der Waals surface area contributed by atoms with Crippen molar-refractivity contribution in [2.45, 2.75) is 19.6 Å². The lowest BCUT2D eigenvalue weighted by molar-refractivity contribution is 0.0928. The first-order valence-corrected chi connectivity index (χ1v) is 11.6. The number of nitrogens with zero attached hydrogens (tertiary/aromatic N) is 1. The molecule has 1 heterocycles. The number of amides is 1. The van der Waals surface area contributed by atoms with Gasteiger partial charge in [0.05, 0.1) is 5.75 Å². The van der Waals surface area contributed by atoms with Crippen LogP contribution in [0.15, 0.2) is 52.9 Å². The monoisotopic (exact) mass is 414 g/mol. The highest BCUT2D eigenvalue weighted by Crippen LogP contribution is 2.27. The van der Waals surface area contributed by atoms with E-state index in [4.69, 9.17) is 4.42 Å². The molecule has 0 saturated heterocycles. The third kappa shape index (κ3) is 4.98. The molecule has 0 spiro atoms. The van der Waals surface area contributed by atoms with Gasteiger partial charge in [-0.1, -0.05) is 36.4 Å². The molecule has 1 aromatic heterocycles. The van der Waals surface area contributed by atoms with Gasteiger partial charge in [0.25, 0.3) is 5.91 Å². The Bertz CT molecular complexity index is 1120. The molecule has 0 aliphatic heterocycles. The summed E-state index contributed by atoms with van der Waals surface area (Å²) in [5.41, 5.74) is 3.22. The molecule has 0 unspecified atom stereocenters. The molecular weight excluding hydrogens is 388 g/mol. The van der Waals surface area contributed by atoms with Crippen LogP contribution >= 0.6 is 0 Å². The smallest absolute Gasteiger partial charge is 0.287 e. The largest absolute Gasteiger partial charge is 0.451 e. The van der Waals surface area contributed by atoms with Gasteiger partial charge in [-0.2, -0.15) is 0 Å². The zero-order valence-corrected chi connectivity index (χ0v) is 17.8. The van der Waals surface area contributed by atoms with Crippen molar-refractivity contribution in [3.63, 3.8) is 0 Å². The number of hydrogen-bond donors (Lipinski definition) is 1. The minimum atomic E-state index is -3.32. The number of carbonyl (C=O) groups is 1. The number of aryl methyl sites for hydroxylation is 1. The number of anilines is 1. The second-order valence-electron chi connectivity index (χ2n) is 7.10. The minimum absolute atomic E-state index is 0.0653. The van der Waals surface area contributed by atoms with E-state index in [0.29, 0.717) is 29.6 Å². The average molecular weight is 415 g/mol. The Labute approximate surface area is 171 Å². The van der Waals surface area contributed by atoms with Gasteiger partial charge >= 0.3 is 0 Å². The maximum Gasteiger partial charge on any atom is 0.287 e. The van der Waals surface area contributed by atoms with Gasteiger partial charge in [0, 0.05) is 42.5 Å². The lowest BCUT2D eigenvalue weighted by Crippen LogP contribution is -2.35. The number of para-hydroxylation sites is 2. The van der Waals surface area contributed by atoms with E-state index in [1.807, 2.05) is 12.1 Å². The van der Waals surface area contributed by atoms with E-state index in [-0.39, 0.29) is 11.5 Å². The number of benzene rings is 2. The van der Waals surface area contributed by atoms with E-state index in [0.717, 1.165) is 18.5 Å². The lowest BCUT2D eigenvalue weighted by atomic mass is 10.1. The van der Waals surface area contributed by atoms with Gasteiger partial charge < -0.3 is 14.6 Å². The summed E-state index contributed by atoms with van der Waals surface area (Å²) in [7, 11) is -3.32. The van der Waals surface area contributed by atoms with Crippen LogP contribution < -0.4 is 10.2 Å². The molecule has 0 saturated carbocycles. The summed E-state index contributed by atoms with van der Waals surface area (Å²) in [6, 6.07) is 15.2. The van der Waals surface area contributed by atoms with Crippen molar-refractivity contribution >= 4 is 32.4 Å². The normalized spacial score (nSPS) is 11.6. The van der Waals surface area contributed by atoms with Crippen molar-refractivity contribution in [2.75, 3.05) is 30.8 Å². The van der Waals surface area contributed by atoms with Crippen LogP contribution in [0.2, 0.25) is 0 Å². The molecule has 1 amide bonds. The Morgan fingerprint density at radius 3 is 2.48 bits per heavy atom. The second kappa shape index (κ2) is 8.69. The van der Waals surface area contributed by atoms with Gasteiger partial charge in [-0.3, -0.25) is 4.79 Å². The van der Waals surface area contributed by atoms with Crippen molar-refractivity contribution < 1.29 is 17.6 Å². The maximum atomic E-state index is 12.8. The molecule has 0 bridgehead atoms. The fourth-order valence-corrected chi connectivity index (χ4v) is 4.25. The zero-order chi connectivity index (χ0) is 21.0. The number of likely N-dealkylation sites (N-methyl/N-ethyl adjacent to an activating group) is 1. The predicted molar refractivity (Wildman–Crippen MR) is 116 cm³/mol. The Morgan fingerprint density at radius 1 is 1.10 bits per heavy atom. The van der Waals surface area contributed by atoms with Crippen LogP contribution in [0.1, 0.15) is 28.6 Å². The second-order valence-corrected chi connectivity index (χ2v) is 9.24. The molecule has 29 heavy (non-hydrogen) atoms. The fourth-order valence-electron chi connectivity index (χ4n) is 3.44. The van der Waals surface area contributed by atoms with Crippen LogP contribution in [-0.4, -0.2) is 40.2 Å². The fraction of sp³-hybridized carbons (Fsp3) is 0.318. The first kappa shape index (κ1) is 20.9. The van der Waals surface area contributed by atoms with Crippen LogP contribution in [0.5, 0.6) is 0 Å². The van der Waals surface area contributed by atoms with Crippen LogP contribution in [0.25, 0.3) is 11.0 Å². The Hall–Kier alpha value is -2.80. The average Bonchev–Trinajstić information content (AvgIpc) is 3.03. The molecule has 6 nitrogen and oxygen atoms in total. The van der Waals surface area contributed by atoms with Gasteiger partial charge in [-0.15, -0.1) is 0 Å². The molecule has 0 atom stereocenters. The van der Waals surface area contributed by atoms with Crippen molar-refractivity contribution in [1.29, 1.82) is 0 Å². The number of rotatable bonds is 8. The molecule has 7 heteroatoms. The molecule has 0 aliphatic carbocycles. The minimum Gasteiger partial charge on any atom is -0.451 e. The van der Waals surface area contributed by atoms with Crippen molar-refractivity contribution in [3.8, 4) is 0 Å². The number of fused-ring (bicyclic) bond motifs is 1. The van der Waals surface area contributed by atoms with E-state index < -0.39 is 15.7 Å². The third-order valence-corrected chi connectivity index (χ3v) is 5.63. The number of furan rings is 1. The third-order valence-electron chi connectivity index (χ3n) is 4.82. The standard InChI is InChI=1S/C22H26N2O4S/c1-4-24(19-11-7-5-9-16(19)2)14-13-23-22(25)21-18(15-29(3,26)27)17-10-6-8-12-20(17)28-21/h5-12H,4,13-15H2,1-3H3,(H,23,25). The van der Waals surface area contributed by atoms with Gasteiger partial charge in [0.15, 0.2) is 15.6 Å². The molecule has 154 valence electrons. The zero-order valence-electron chi connectivity index (χ0n) is 16.9. The highest BCUT2D eigenvalue weighted by Gasteiger charge is 2.23. The van der Waals surface area contributed by atoms with Crippen LogP contribution in [0.3, 0.4) is 0 Å². The van der Waals surface area contributed by atoms with E-state index in [1.165, 1.54) is 5.56 Å². The first-order valence-electron chi connectivity index (χ1n) is 9.57. The Balaban J connectivity index is 1.76. The molecule has 2 aromatic carbocycles. The topological polar surface area (TPSA) is 79.6 Å². The van der Waals surface area contributed by atoms with Crippen molar-refractivity contribution in [2.24, 2.45) is 0 Å². The van der Waals surface area contributed by atoms with Crippen LogP contribution in [0, 0.1) is 6.92 Å². The van der Waals surface area contributed by atoms with Crippen molar-refractivity contribution in [3.05, 3.63) is 65.4 Å². The van der Waals surface area contributed by atoms with Crippen LogP contribution in [0.4, 0.5) is 5.69 Å². The first-order chi connectivity index (χ1) is 13.8. The lowest BCUT2D eigenvalue weighted by Gasteiger charge is -2.25. The molecule has 0 aliphatic rings. The molecule has 1 N–H and O–H groups in total. The summed E-state index contributed by atoms with van der Waals surface area (Å²) in [5, 5.41) is 3.52. The Morgan fingerprint density at radius 2 is 1.79 bits per heavy atom. The quantitative estimate of drug-likeness (QED) is 0.610. The number of carbonyl (C=O) groups excluding carboxylic acids is 1. The predicted octanol–water partition coefficient (Wildman–Crippen LogP) is 3.54. The molecule has 3 aromatic rings. The van der Waals surface area contributed by atoms with Gasteiger partial charge in [-0.25, -0.2) is 8.42 Å². The van der Waals surface area contributed by atoms with Gasteiger partial charge in [0.2, 0.25) is 0 Å².